The summed E-state index contributed by atoms with van der Waals surface area (Å²) in [5.74, 6) is -0.800. The number of rotatable bonds is 7. The summed E-state index contributed by atoms with van der Waals surface area (Å²) in [5, 5.41) is 14.2. The molecule has 160 valence electrons. The highest BCUT2D eigenvalue weighted by atomic mass is 32.2. The van der Waals surface area contributed by atoms with Crippen molar-refractivity contribution in [3.05, 3.63) is 69.8 Å². The minimum Gasteiger partial charge on any atom is -0.272 e. The molecule has 2 aromatic carbocycles. The lowest BCUT2D eigenvalue weighted by molar-refractivity contribution is -0.384. The molecule has 0 heterocycles. The Kier molecular flexibility index (Phi) is 6.89. The van der Waals surface area contributed by atoms with Gasteiger partial charge < -0.3 is 0 Å². The van der Waals surface area contributed by atoms with Gasteiger partial charge in [0.2, 0.25) is 10.0 Å². The normalized spacial score (nSPS) is 12.3. The molecule has 0 saturated carbocycles. The maximum atomic E-state index is 12.5. The van der Waals surface area contributed by atoms with Gasteiger partial charge in [0.1, 0.15) is 0 Å². The van der Waals surface area contributed by atoms with Crippen molar-refractivity contribution < 1.29 is 31.3 Å². The predicted octanol–water partition coefficient (Wildman–Crippen LogP) is 2.38. The first-order valence-electron chi connectivity index (χ1n) is 8.11. The summed E-state index contributed by atoms with van der Waals surface area (Å²) in [6.45, 7) is -0.607. The van der Waals surface area contributed by atoms with E-state index in [1.165, 1.54) is 0 Å². The van der Waals surface area contributed by atoms with Gasteiger partial charge in [0.15, 0.2) is 0 Å². The number of hydrogen-bond donors (Lipinski definition) is 1. The van der Waals surface area contributed by atoms with E-state index in [2.05, 4.69) is 10.5 Å². The van der Waals surface area contributed by atoms with E-state index >= 15 is 0 Å². The SMILES string of the molecule is CN(CC(=O)N/N=C/c1ccc(C(F)(F)F)cc1)S(=O)(=O)c1ccc([N+](=O)[O-])cc1. The van der Waals surface area contributed by atoms with E-state index in [0.717, 1.165) is 66.1 Å². The number of nitrogens with zero attached hydrogens (tertiary/aromatic N) is 3. The number of sulfonamides is 1. The monoisotopic (exact) mass is 444 g/mol. The molecule has 0 aliphatic rings. The molecule has 2 rings (SSSR count). The third-order valence-corrected chi connectivity index (χ3v) is 5.58. The van der Waals surface area contributed by atoms with Crippen molar-refractivity contribution >= 4 is 27.8 Å². The Balaban J connectivity index is 1.96. The molecule has 0 bridgehead atoms. The molecule has 0 unspecified atom stereocenters. The smallest absolute Gasteiger partial charge is 0.272 e. The average Bonchev–Trinajstić information content (AvgIpc) is 2.67. The zero-order chi connectivity index (χ0) is 22.5. The minimum atomic E-state index is -4.47. The first-order chi connectivity index (χ1) is 13.9. The number of nitro benzene ring substituents is 1. The van der Waals surface area contributed by atoms with Crippen LogP contribution in [0.15, 0.2) is 58.5 Å². The highest BCUT2D eigenvalue weighted by molar-refractivity contribution is 7.89. The molecular formula is C17H15F3N4O5S. The van der Waals surface area contributed by atoms with Gasteiger partial charge >= 0.3 is 6.18 Å². The van der Waals surface area contributed by atoms with Crippen LogP contribution in [0, 0.1) is 10.1 Å². The minimum absolute atomic E-state index is 0.239. The predicted molar refractivity (Wildman–Crippen MR) is 100 cm³/mol. The van der Waals surface area contributed by atoms with E-state index in [4.69, 9.17) is 0 Å². The lowest BCUT2D eigenvalue weighted by Crippen LogP contribution is -2.36. The van der Waals surface area contributed by atoms with Crippen LogP contribution < -0.4 is 5.43 Å². The quantitative estimate of drug-likeness (QED) is 0.399. The van der Waals surface area contributed by atoms with E-state index in [1.807, 2.05) is 0 Å². The fourth-order valence-electron chi connectivity index (χ4n) is 2.18. The van der Waals surface area contributed by atoms with Crippen molar-refractivity contribution in [3.8, 4) is 0 Å². The van der Waals surface area contributed by atoms with Crippen LogP contribution in [0.5, 0.6) is 0 Å². The number of non-ortho nitro benzene ring substituents is 1. The largest absolute Gasteiger partial charge is 0.416 e. The molecule has 0 spiro atoms. The molecule has 0 radical (unpaired) electrons. The van der Waals surface area contributed by atoms with E-state index in [0.29, 0.717) is 0 Å². The topological polar surface area (TPSA) is 122 Å². The van der Waals surface area contributed by atoms with E-state index < -0.39 is 39.1 Å². The van der Waals surface area contributed by atoms with Crippen LogP contribution in [0.2, 0.25) is 0 Å². The Morgan fingerprint density at radius 3 is 2.23 bits per heavy atom. The molecule has 13 heteroatoms. The summed E-state index contributed by atoms with van der Waals surface area (Å²) in [5.41, 5.74) is 1.24. The Labute approximate surface area is 169 Å². The molecule has 0 saturated heterocycles. The number of likely N-dealkylation sites (N-methyl/N-ethyl adjacent to an activating group) is 1. The van der Waals surface area contributed by atoms with Gasteiger partial charge in [-0.25, -0.2) is 13.8 Å². The average molecular weight is 444 g/mol. The van der Waals surface area contributed by atoms with Crippen LogP contribution >= 0.6 is 0 Å². The molecule has 0 atom stereocenters. The number of halogens is 3. The Bertz CT molecular complexity index is 1050. The summed E-state index contributed by atoms with van der Waals surface area (Å²) in [6.07, 6.45) is -3.37. The number of carbonyl (C=O) groups excluding carboxylic acids is 1. The molecular weight excluding hydrogens is 429 g/mol. The number of hydrogen-bond acceptors (Lipinski definition) is 6. The number of alkyl halides is 3. The highest BCUT2D eigenvalue weighted by Crippen LogP contribution is 2.28. The highest BCUT2D eigenvalue weighted by Gasteiger charge is 2.29. The van der Waals surface area contributed by atoms with Crippen LogP contribution in [0.3, 0.4) is 0 Å². The van der Waals surface area contributed by atoms with Crippen LogP contribution in [-0.4, -0.2) is 43.4 Å². The van der Waals surface area contributed by atoms with Crippen molar-refractivity contribution in [2.75, 3.05) is 13.6 Å². The summed E-state index contributed by atoms with van der Waals surface area (Å²) < 4.78 is 63.0. The fourth-order valence-corrected chi connectivity index (χ4v) is 3.31. The van der Waals surface area contributed by atoms with E-state index in [-0.39, 0.29) is 16.1 Å². The van der Waals surface area contributed by atoms with Crippen molar-refractivity contribution in [2.45, 2.75) is 11.1 Å². The van der Waals surface area contributed by atoms with Gasteiger partial charge in [0.25, 0.3) is 11.6 Å². The molecule has 9 nitrogen and oxygen atoms in total. The molecule has 0 aliphatic carbocycles. The second-order valence-corrected chi connectivity index (χ2v) is 7.97. The lowest BCUT2D eigenvalue weighted by Gasteiger charge is -2.15. The molecule has 0 aliphatic heterocycles. The number of nitrogens with one attached hydrogen (secondary N) is 1. The van der Waals surface area contributed by atoms with Crippen LogP contribution in [0.1, 0.15) is 11.1 Å². The zero-order valence-corrected chi connectivity index (χ0v) is 16.1. The summed E-state index contributed by atoms with van der Waals surface area (Å²) in [4.78, 5) is 21.6. The van der Waals surface area contributed by atoms with Gasteiger partial charge in [-0.05, 0) is 29.8 Å². The number of nitro groups is 1. The van der Waals surface area contributed by atoms with Gasteiger partial charge in [-0.2, -0.15) is 22.6 Å². The molecule has 0 fully saturated rings. The lowest BCUT2D eigenvalue weighted by atomic mass is 10.1. The first-order valence-corrected chi connectivity index (χ1v) is 9.55. The second-order valence-electron chi connectivity index (χ2n) is 5.93. The summed E-state index contributed by atoms with van der Waals surface area (Å²) in [6, 6.07) is 8.16. The first kappa shape index (κ1) is 23.0. The van der Waals surface area contributed by atoms with Gasteiger partial charge in [0.05, 0.1) is 28.1 Å². The van der Waals surface area contributed by atoms with Crippen LogP contribution in [0.4, 0.5) is 18.9 Å². The summed E-state index contributed by atoms with van der Waals surface area (Å²) in [7, 11) is -2.95. The van der Waals surface area contributed by atoms with Crippen molar-refractivity contribution in [1.82, 2.24) is 9.73 Å². The Morgan fingerprint density at radius 1 is 1.17 bits per heavy atom. The van der Waals surface area contributed by atoms with Gasteiger partial charge in [0, 0.05) is 19.2 Å². The number of benzene rings is 2. The molecule has 1 N–H and O–H groups in total. The maximum Gasteiger partial charge on any atom is 0.416 e. The van der Waals surface area contributed by atoms with Gasteiger partial charge in [-0.15, -0.1) is 0 Å². The number of hydrazone groups is 1. The van der Waals surface area contributed by atoms with Crippen LogP contribution in [0.25, 0.3) is 0 Å². The maximum absolute atomic E-state index is 12.5. The number of amides is 1. The third-order valence-electron chi connectivity index (χ3n) is 3.76. The van der Waals surface area contributed by atoms with E-state index in [1.54, 1.807) is 0 Å². The fraction of sp³-hybridized carbons (Fsp3) is 0.176. The van der Waals surface area contributed by atoms with Gasteiger partial charge in [-0.3, -0.25) is 14.9 Å². The molecule has 30 heavy (non-hydrogen) atoms. The summed E-state index contributed by atoms with van der Waals surface area (Å²) >= 11 is 0. The second kappa shape index (κ2) is 9.00. The van der Waals surface area contributed by atoms with E-state index in [9.17, 15) is 36.5 Å². The van der Waals surface area contributed by atoms with Crippen molar-refractivity contribution in [3.63, 3.8) is 0 Å². The van der Waals surface area contributed by atoms with Crippen LogP contribution in [-0.2, 0) is 21.0 Å². The number of carbonyl (C=O) groups is 1. The van der Waals surface area contributed by atoms with Crippen molar-refractivity contribution in [1.29, 1.82) is 0 Å². The standard InChI is InChI=1S/C17H15F3N4O5S/c1-23(30(28,29)15-8-6-14(7-9-15)24(26)27)11-16(25)22-21-10-12-2-4-13(5-3-12)17(18,19)20/h2-10H,11H2,1H3,(H,22,25)/b21-10+. The zero-order valence-electron chi connectivity index (χ0n) is 15.3. The molecule has 2 aromatic rings. The van der Waals surface area contributed by atoms with Crippen molar-refractivity contribution in [2.24, 2.45) is 5.10 Å². The molecule has 0 aromatic heterocycles. The third kappa shape index (κ3) is 5.84. The Hall–Kier alpha value is -3.32. The van der Waals surface area contributed by atoms with Gasteiger partial charge in [-0.1, -0.05) is 12.1 Å². The Morgan fingerprint density at radius 2 is 1.73 bits per heavy atom. The molecule has 1 amide bonds.